The molecule has 2 unspecified atom stereocenters. The zero-order valence-electron chi connectivity index (χ0n) is 12.3. The third-order valence-corrected chi connectivity index (χ3v) is 3.19. The van der Waals surface area contributed by atoms with Crippen molar-refractivity contribution in [1.82, 2.24) is 10.6 Å². The topological polar surface area (TPSA) is 70.6 Å². The van der Waals surface area contributed by atoms with E-state index in [1.807, 2.05) is 44.2 Å². The highest BCUT2D eigenvalue weighted by Crippen LogP contribution is 2.19. The smallest absolute Gasteiger partial charge is 0.234 e. The lowest BCUT2D eigenvalue weighted by Gasteiger charge is -2.29. The van der Waals surface area contributed by atoms with Crippen LogP contribution in [0.1, 0.15) is 19.4 Å². The molecule has 0 heterocycles. The van der Waals surface area contributed by atoms with E-state index in [0.29, 0.717) is 6.61 Å². The second-order valence-corrected chi connectivity index (χ2v) is 5.13. The van der Waals surface area contributed by atoms with Crippen LogP contribution in [0.25, 0.3) is 0 Å². The van der Waals surface area contributed by atoms with Crippen molar-refractivity contribution in [3.05, 3.63) is 35.9 Å². The summed E-state index contributed by atoms with van der Waals surface area (Å²) in [6.07, 6.45) is 0. The highest BCUT2D eigenvalue weighted by atomic mass is 16.5. The van der Waals surface area contributed by atoms with Gasteiger partial charge in [0.05, 0.1) is 25.3 Å². The molecule has 112 valence electrons. The van der Waals surface area contributed by atoms with Crippen LogP contribution in [0, 0.1) is 0 Å². The Hall–Kier alpha value is -1.43. The van der Waals surface area contributed by atoms with Crippen LogP contribution < -0.4 is 10.6 Å². The minimum atomic E-state index is -0.636. The van der Waals surface area contributed by atoms with Gasteiger partial charge in [0.25, 0.3) is 0 Å². The summed E-state index contributed by atoms with van der Waals surface area (Å²) in [7, 11) is 1.60. The predicted octanol–water partition coefficient (Wildman–Crippen LogP) is 0.635. The molecule has 2 atom stereocenters. The average Bonchev–Trinajstić information content (AvgIpc) is 2.46. The molecule has 0 aliphatic heterocycles. The van der Waals surface area contributed by atoms with Crippen molar-refractivity contribution in [3.63, 3.8) is 0 Å². The fraction of sp³-hybridized carbons (Fsp3) is 0.533. The number of aliphatic hydroxyl groups is 1. The number of nitrogens with one attached hydrogen (secondary N) is 2. The molecular formula is C15H24N2O3. The lowest BCUT2D eigenvalue weighted by molar-refractivity contribution is -0.121. The minimum absolute atomic E-state index is 0.0357. The third kappa shape index (κ3) is 4.92. The van der Waals surface area contributed by atoms with Gasteiger partial charge in [0, 0.05) is 13.2 Å². The Kier molecular flexibility index (Phi) is 6.64. The number of aliphatic hydroxyl groups excluding tert-OH is 1. The number of carbonyl (C=O) groups is 1. The van der Waals surface area contributed by atoms with Crippen LogP contribution >= 0.6 is 0 Å². The van der Waals surface area contributed by atoms with Crippen molar-refractivity contribution in [2.24, 2.45) is 0 Å². The zero-order chi connectivity index (χ0) is 15.0. The Morgan fingerprint density at radius 1 is 1.40 bits per heavy atom. The molecule has 0 aliphatic rings. The molecule has 0 aliphatic carbocycles. The van der Waals surface area contributed by atoms with Gasteiger partial charge in [0.15, 0.2) is 0 Å². The standard InChI is InChI=1S/C15H24N2O3/c1-12(10-20-3)17-14(19)9-16-15(2,11-18)13-7-5-4-6-8-13/h4-8,12,16,18H,9-11H2,1-3H3,(H,17,19). The van der Waals surface area contributed by atoms with Gasteiger partial charge >= 0.3 is 0 Å². The maximum Gasteiger partial charge on any atom is 0.234 e. The van der Waals surface area contributed by atoms with Gasteiger partial charge in [-0.3, -0.25) is 10.1 Å². The first-order valence-electron chi connectivity index (χ1n) is 6.71. The maximum atomic E-state index is 11.8. The van der Waals surface area contributed by atoms with Crippen LogP contribution in [0.2, 0.25) is 0 Å². The molecule has 0 saturated heterocycles. The lowest BCUT2D eigenvalue weighted by Crippen LogP contribution is -2.49. The van der Waals surface area contributed by atoms with E-state index < -0.39 is 5.54 Å². The Morgan fingerprint density at radius 3 is 2.60 bits per heavy atom. The largest absolute Gasteiger partial charge is 0.394 e. The molecule has 3 N–H and O–H groups in total. The molecule has 0 spiro atoms. The predicted molar refractivity (Wildman–Crippen MR) is 78.4 cm³/mol. The number of rotatable bonds is 8. The van der Waals surface area contributed by atoms with E-state index in [-0.39, 0.29) is 25.1 Å². The summed E-state index contributed by atoms with van der Waals surface area (Å²) in [6, 6.07) is 9.55. The molecule has 1 amide bonds. The summed E-state index contributed by atoms with van der Waals surface area (Å²) in [5.74, 6) is -0.120. The van der Waals surface area contributed by atoms with Gasteiger partial charge in [-0.05, 0) is 19.4 Å². The van der Waals surface area contributed by atoms with Crippen LogP contribution in [0.5, 0.6) is 0 Å². The molecule has 0 radical (unpaired) electrons. The summed E-state index contributed by atoms with van der Waals surface area (Å²) >= 11 is 0. The second kappa shape index (κ2) is 7.99. The van der Waals surface area contributed by atoms with Crippen LogP contribution in [-0.2, 0) is 15.1 Å². The van der Waals surface area contributed by atoms with Crippen LogP contribution in [-0.4, -0.2) is 43.9 Å². The van der Waals surface area contributed by atoms with Crippen LogP contribution in [0.15, 0.2) is 30.3 Å². The molecule has 1 aromatic rings. The van der Waals surface area contributed by atoms with Crippen molar-refractivity contribution in [1.29, 1.82) is 0 Å². The molecule has 5 nitrogen and oxygen atoms in total. The second-order valence-electron chi connectivity index (χ2n) is 5.13. The zero-order valence-corrected chi connectivity index (χ0v) is 12.3. The van der Waals surface area contributed by atoms with E-state index in [2.05, 4.69) is 10.6 Å². The van der Waals surface area contributed by atoms with E-state index in [0.717, 1.165) is 5.56 Å². The van der Waals surface area contributed by atoms with Crippen LogP contribution in [0.3, 0.4) is 0 Å². The average molecular weight is 280 g/mol. The number of benzene rings is 1. The number of ether oxygens (including phenoxy) is 1. The van der Waals surface area contributed by atoms with Gasteiger partial charge in [0.2, 0.25) is 5.91 Å². The number of carbonyl (C=O) groups excluding carboxylic acids is 1. The van der Waals surface area contributed by atoms with Gasteiger partial charge in [-0.2, -0.15) is 0 Å². The highest BCUT2D eigenvalue weighted by molar-refractivity contribution is 5.78. The molecule has 0 bridgehead atoms. The van der Waals surface area contributed by atoms with Crippen molar-refractivity contribution >= 4 is 5.91 Å². The third-order valence-electron chi connectivity index (χ3n) is 3.19. The highest BCUT2D eigenvalue weighted by Gasteiger charge is 2.25. The van der Waals surface area contributed by atoms with Crippen molar-refractivity contribution in [2.75, 3.05) is 26.9 Å². The molecule has 0 aromatic heterocycles. The van der Waals surface area contributed by atoms with E-state index in [1.54, 1.807) is 7.11 Å². The first-order chi connectivity index (χ1) is 9.51. The molecule has 1 aromatic carbocycles. The molecule has 0 saturated carbocycles. The quantitative estimate of drug-likeness (QED) is 0.653. The number of hydrogen-bond donors (Lipinski definition) is 3. The molecule has 20 heavy (non-hydrogen) atoms. The van der Waals surface area contributed by atoms with E-state index in [1.165, 1.54) is 0 Å². The summed E-state index contributed by atoms with van der Waals surface area (Å²) in [6.45, 7) is 4.28. The minimum Gasteiger partial charge on any atom is -0.394 e. The van der Waals surface area contributed by atoms with Crippen molar-refractivity contribution in [2.45, 2.75) is 25.4 Å². The molecule has 5 heteroatoms. The van der Waals surface area contributed by atoms with E-state index in [4.69, 9.17) is 4.74 Å². The van der Waals surface area contributed by atoms with Crippen molar-refractivity contribution in [3.8, 4) is 0 Å². The summed E-state index contributed by atoms with van der Waals surface area (Å²) in [4.78, 5) is 11.8. The first kappa shape index (κ1) is 16.6. The molecule has 0 fully saturated rings. The van der Waals surface area contributed by atoms with Gasteiger partial charge in [-0.1, -0.05) is 30.3 Å². The fourth-order valence-electron chi connectivity index (χ4n) is 1.95. The number of methoxy groups -OCH3 is 1. The van der Waals surface area contributed by atoms with E-state index in [9.17, 15) is 9.90 Å². The first-order valence-corrected chi connectivity index (χ1v) is 6.71. The Morgan fingerprint density at radius 2 is 2.05 bits per heavy atom. The van der Waals surface area contributed by atoms with Crippen LogP contribution in [0.4, 0.5) is 0 Å². The summed E-state index contributed by atoms with van der Waals surface area (Å²) in [5, 5.41) is 15.5. The SMILES string of the molecule is COCC(C)NC(=O)CNC(C)(CO)c1ccccc1. The van der Waals surface area contributed by atoms with Gasteiger partial charge in [0.1, 0.15) is 0 Å². The normalized spacial score (nSPS) is 15.4. The molecular weight excluding hydrogens is 256 g/mol. The Bertz CT molecular complexity index is 411. The summed E-state index contributed by atoms with van der Waals surface area (Å²) in [5.41, 5.74) is 0.309. The Labute approximate surface area is 120 Å². The monoisotopic (exact) mass is 280 g/mol. The van der Waals surface area contributed by atoms with E-state index >= 15 is 0 Å². The van der Waals surface area contributed by atoms with Gasteiger partial charge in [-0.15, -0.1) is 0 Å². The maximum absolute atomic E-state index is 11.8. The number of amides is 1. The molecule has 1 rings (SSSR count). The Balaban J connectivity index is 2.55. The van der Waals surface area contributed by atoms with Gasteiger partial charge in [-0.25, -0.2) is 0 Å². The lowest BCUT2D eigenvalue weighted by atomic mass is 9.93. The summed E-state index contributed by atoms with van der Waals surface area (Å²) < 4.78 is 4.97. The fourth-order valence-corrected chi connectivity index (χ4v) is 1.95. The number of hydrogen-bond acceptors (Lipinski definition) is 4. The van der Waals surface area contributed by atoms with Crippen molar-refractivity contribution < 1.29 is 14.6 Å². The van der Waals surface area contributed by atoms with Gasteiger partial charge < -0.3 is 15.2 Å².